The molecule has 0 amide bonds. The zero-order valence-electron chi connectivity index (χ0n) is 45.2. The van der Waals surface area contributed by atoms with Crippen molar-refractivity contribution < 1.29 is 54.0 Å². The first-order chi connectivity index (χ1) is 33.9. The summed E-state index contributed by atoms with van der Waals surface area (Å²) < 4.78 is 35.9. The Balaban J connectivity index is 1.20. The van der Waals surface area contributed by atoms with E-state index in [1.54, 1.807) is 45.7 Å². The fourth-order valence-corrected chi connectivity index (χ4v) is 12.0. The Labute approximate surface area is 427 Å². The van der Waals surface area contributed by atoms with E-state index in [-0.39, 0.29) is 37.3 Å². The predicted octanol–water partition coefficient (Wildman–Crippen LogP) is 3.98. The van der Waals surface area contributed by atoms with Gasteiger partial charge in [0.05, 0.1) is 65.3 Å². The highest BCUT2D eigenvalue weighted by Gasteiger charge is 2.55. The van der Waals surface area contributed by atoms with E-state index >= 15 is 0 Å². The van der Waals surface area contributed by atoms with Crippen LogP contribution in [-0.4, -0.2) is 190 Å². The third kappa shape index (κ3) is 13.5. The number of ether oxygens (including phenoxy) is 5. The Hall–Kier alpha value is -3.47. The molecule has 406 valence electrons. The Bertz CT molecular complexity index is 2130. The quantitative estimate of drug-likeness (QED) is 0.107. The molecule has 3 aliphatic heterocycles. The molecule has 5 heterocycles. The van der Waals surface area contributed by atoms with Crippen molar-refractivity contribution in [1.29, 1.82) is 0 Å². The number of methoxy groups -OCH3 is 1. The normalized spacial score (nSPS) is 39.1. The predicted molar refractivity (Wildman–Crippen MR) is 270 cm³/mol. The van der Waals surface area contributed by atoms with Crippen LogP contribution in [0.1, 0.15) is 119 Å². The number of nitrogens with zero attached hydrogens (tertiary/aromatic N) is 8. The number of benzene rings is 1. The topological polar surface area (TPSA) is 232 Å². The van der Waals surface area contributed by atoms with Gasteiger partial charge < -0.3 is 59.0 Å². The molecule has 5 N–H and O–H groups in total. The SMILES string of the molecule is CC[C@H]1OC(=O)[C@H](C)[C@@H](C2C[C@@](C)(OC)[C@@H](O)[C@H](C)O2)[C@H](C)[C@@H](O[C@@H]2O[C@H](C)C[C@H](N(C)CCc3cn(CCCCc4ccc(-n5ccnn5)cc4)nn3)[C@H]2O)[C@](C)(O)C[C@@H](C)CN(C)[C@H](C)[C@@H](O)[C@]1(C)O. The molecule has 0 spiro atoms. The van der Waals surface area contributed by atoms with E-state index in [0.717, 1.165) is 37.2 Å². The molecule has 3 fully saturated rings. The number of aliphatic hydroxyl groups excluding tert-OH is 3. The maximum Gasteiger partial charge on any atom is 0.309 e. The number of aliphatic hydroxyl groups is 5. The fourth-order valence-electron chi connectivity index (χ4n) is 12.0. The first-order valence-electron chi connectivity index (χ1n) is 26.4. The highest BCUT2D eigenvalue weighted by molar-refractivity contribution is 5.73. The minimum atomic E-state index is -1.81. The van der Waals surface area contributed by atoms with Gasteiger partial charge in [-0.1, -0.05) is 50.3 Å². The molecule has 72 heavy (non-hydrogen) atoms. The second-order valence-corrected chi connectivity index (χ2v) is 22.5. The number of hydrogen-bond acceptors (Lipinski definition) is 17. The average molecular weight is 1010 g/mol. The minimum Gasteiger partial charge on any atom is -0.459 e. The number of carbonyl (C=O) groups is 1. The van der Waals surface area contributed by atoms with Crippen LogP contribution in [0.2, 0.25) is 0 Å². The lowest BCUT2D eigenvalue weighted by Crippen LogP contribution is -2.62. The van der Waals surface area contributed by atoms with Crippen LogP contribution in [0.3, 0.4) is 0 Å². The van der Waals surface area contributed by atoms with Crippen molar-refractivity contribution >= 4 is 5.97 Å². The number of aromatic nitrogens is 6. The van der Waals surface area contributed by atoms with Crippen molar-refractivity contribution in [3.63, 3.8) is 0 Å². The van der Waals surface area contributed by atoms with Crippen LogP contribution in [0.5, 0.6) is 0 Å². The summed E-state index contributed by atoms with van der Waals surface area (Å²) in [4.78, 5) is 18.7. The summed E-state index contributed by atoms with van der Waals surface area (Å²) in [6.07, 6.45) is 1.78. The third-order valence-electron chi connectivity index (χ3n) is 16.5. The summed E-state index contributed by atoms with van der Waals surface area (Å²) in [7, 11) is 5.37. The molecule has 18 atom stereocenters. The van der Waals surface area contributed by atoms with Gasteiger partial charge in [-0.15, -0.1) is 10.2 Å². The molecule has 3 aromatic rings. The van der Waals surface area contributed by atoms with Crippen molar-refractivity contribution in [3.05, 3.63) is 54.1 Å². The first-order valence-corrected chi connectivity index (χ1v) is 26.4. The number of esters is 1. The van der Waals surface area contributed by atoms with E-state index in [4.69, 9.17) is 23.7 Å². The lowest BCUT2D eigenvalue weighted by molar-refractivity contribution is -0.302. The van der Waals surface area contributed by atoms with Gasteiger partial charge in [-0.05, 0) is 124 Å². The lowest BCUT2D eigenvalue weighted by Gasteiger charge is -2.51. The first kappa shape index (κ1) is 57.8. The zero-order valence-corrected chi connectivity index (χ0v) is 45.2. The molecule has 0 bridgehead atoms. The molecule has 6 rings (SSSR count). The molecule has 19 nitrogen and oxygen atoms in total. The molecule has 0 saturated carbocycles. The molecular weight excluding hydrogens is 925 g/mol. The highest BCUT2D eigenvalue weighted by Crippen LogP contribution is 2.45. The molecule has 3 aliphatic rings. The van der Waals surface area contributed by atoms with Crippen LogP contribution in [0.25, 0.3) is 5.69 Å². The molecule has 2 aromatic heterocycles. The van der Waals surface area contributed by atoms with Gasteiger partial charge in [0.2, 0.25) is 0 Å². The van der Waals surface area contributed by atoms with Crippen LogP contribution < -0.4 is 0 Å². The minimum absolute atomic E-state index is 0.162. The van der Waals surface area contributed by atoms with E-state index in [1.807, 2.05) is 82.8 Å². The Morgan fingerprint density at radius 3 is 2.29 bits per heavy atom. The van der Waals surface area contributed by atoms with Gasteiger partial charge in [0.15, 0.2) is 6.29 Å². The number of carbonyl (C=O) groups excluding carboxylic acids is 1. The van der Waals surface area contributed by atoms with E-state index < -0.39 is 95.6 Å². The Morgan fingerprint density at radius 1 is 0.931 bits per heavy atom. The summed E-state index contributed by atoms with van der Waals surface area (Å²) in [5.41, 5.74) is -1.35. The zero-order chi connectivity index (χ0) is 52.9. The molecular formula is C53H88N8O11. The smallest absolute Gasteiger partial charge is 0.309 e. The number of unbranched alkanes of at least 4 members (excludes halogenated alkanes) is 1. The molecule has 0 radical (unpaired) electrons. The second-order valence-electron chi connectivity index (χ2n) is 22.5. The van der Waals surface area contributed by atoms with Gasteiger partial charge in [0.1, 0.15) is 30.0 Å². The number of likely N-dealkylation sites (N-methyl/N-ethyl adjacent to an activating group) is 2. The lowest BCUT2D eigenvalue weighted by atomic mass is 9.68. The fraction of sp³-hybridized carbons (Fsp3) is 0.792. The van der Waals surface area contributed by atoms with Gasteiger partial charge in [-0.2, -0.15) is 0 Å². The van der Waals surface area contributed by atoms with Crippen LogP contribution in [0.15, 0.2) is 42.9 Å². The molecule has 0 aliphatic carbocycles. The van der Waals surface area contributed by atoms with Crippen LogP contribution in [0, 0.1) is 23.7 Å². The molecule has 19 heteroatoms. The van der Waals surface area contributed by atoms with Crippen molar-refractivity contribution in [2.24, 2.45) is 23.7 Å². The van der Waals surface area contributed by atoms with Gasteiger partial charge in [-0.25, -0.2) is 4.68 Å². The number of aryl methyl sites for hydroxylation is 2. The molecule has 1 aromatic carbocycles. The van der Waals surface area contributed by atoms with E-state index in [9.17, 15) is 30.3 Å². The number of hydrogen-bond donors (Lipinski definition) is 5. The average Bonchev–Trinajstić information content (AvgIpc) is 4.05. The van der Waals surface area contributed by atoms with Gasteiger partial charge in [0, 0.05) is 63.8 Å². The highest BCUT2D eigenvalue weighted by atomic mass is 16.7. The Morgan fingerprint density at radius 2 is 1.64 bits per heavy atom. The summed E-state index contributed by atoms with van der Waals surface area (Å²) >= 11 is 0. The van der Waals surface area contributed by atoms with Gasteiger partial charge in [0.25, 0.3) is 0 Å². The summed E-state index contributed by atoms with van der Waals surface area (Å²) in [5, 5.41) is 76.9. The van der Waals surface area contributed by atoms with Gasteiger partial charge >= 0.3 is 5.97 Å². The van der Waals surface area contributed by atoms with E-state index in [2.05, 4.69) is 37.7 Å². The van der Waals surface area contributed by atoms with Crippen molar-refractivity contribution in [2.45, 2.75) is 211 Å². The monoisotopic (exact) mass is 1010 g/mol. The van der Waals surface area contributed by atoms with E-state index in [1.165, 1.54) is 12.5 Å². The van der Waals surface area contributed by atoms with Gasteiger partial charge in [-0.3, -0.25) is 9.48 Å². The third-order valence-corrected chi connectivity index (χ3v) is 16.5. The number of rotatable bonds is 15. The maximum atomic E-state index is 14.6. The van der Waals surface area contributed by atoms with Crippen LogP contribution in [-0.2, 0) is 47.9 Å². The van der Waals surface area contributed by atoms with Crippen molar-refractivity contribution in [3.8, 4) is 5.69 Å². The summed E-state index contributed by atoms with van der Waals surface area (Å²) in [6.45, 7) is 19.8. The summed E-state index contributed by atoms with van der Waals surface area (Å²) in [5.74, 6) is -3.09. The standard InChI is InChI=1S/C53H88N8O11/c1-14-43-53(10,67)46(63)36(6)59(12)30-32(2)28-51(8,66)48(34(4)44(35(5)49(65)71-43)42-29-52(9,68-13)47(64)37(7)70-42)72-50-45(62)41(27-33(3)69-50)58(11)25-22-39-31-60(57-55-39)24-16-15-17-38-18-20-40(21-19-38)61-26-23-54-56-61/h18-21,23,26,31-37,41-48,50,62-64,66-67H,14-17,22,24-25,27-30H2,1-13H3/t32-,33-,34+,35-,36-,37+,41+,42?,43-,44+,45-,46-,47+,48-,50+,51-,52-,53-/m1/s1. The Kier molecular flexibility index (Phi) is 19.6. The van der Waals surface area contributed by atoms with Crippen LogP contribution in [0.4, 0.5) is 0 Å². The summed E-state index contributed by atoms with van der Waals surface area (Å²) in [6, 6.07) is 7.41. The van der Waals surface area contributed by atoms with Crippen molar-refractivity contribution in [2.75, 3.05) is 34.3 Å². The molecule has 3 saturated heterocycles. The van der Waals surface area contributed by atoms with Crippen LogP contribution >= 0.6 is 0 Å². The van der Waals surface area contributed by atoms with E-state index in [0.29, 0.717) is 25.9 Å². The molecule has 1 unspecified atom stereocenters. The van der Waals surface area contributed by atoms with Crippen molar-refractivity contribution in [1.82, 2.24) is 39.8 Å². The maximum absolute atomic E-state index is 14.6. The largest absolute Gasteiger partial charge is 0.459 e. The second kappa shape index (κ2) is 24.5. The number of cyclic esters (lactones) is 1.